The standard InChI is InChI=1S/C15H22N2O4.ClH/c1-9(2)4-5-19-10(3)15(18)17-12-7-14-13(6-11(12)16)20-8-21-14;/h6-7,9-10H,4-5,8,16H2,1-3H3,(H,17,18);1H. The molecule has 1 unspecified atom stereocenters. The van der Waals surface area contributed by atoms with E-state index in [0.29, 0.717) is 35.4 Å². The first-order valence-corrected chi connectivity index (χ1v) is 7.09. The second kappa shape index (κ2) is 8.10. The molecule has 1 aromatic carbocycles. The van der Waals surface area contributed by atoms with E-state index in [-0.39, 0.29) is 25.1 Å². The van der Waals surface area contributed by atoms with Crippen LogP contribution in [-0.4, -0.2) is 25.4 Å². The average molecular weight is 331 g/mol. The summed E-state index contributed by atoms with van der Waals surface area (Å²) in [6.07, 6.45) is 0.387. The first kappa shape index (κ1) is 18.4. The van der Waals surface area contributed by atoms with Gasteiger partial charge in [-0.25, -0.2) is 0 Å². The van der Waals surface area contributed by atoms with Gasteiger partial charge in [0.15, 0.2) is 11.5 Å². The molecule has 0 aliphatic carbocycles. The van der Waals surface area contributed by atoms with Crippen molar-refractivity contribution in [2.24, 2.45) is 5.92 Å². The number of carbonyl (C=O) groups is 1. The zero-order chi connectivity index (χ0) is 15.4. The number of ether oxygens (including phenoxy) is 3. The zero-order valence-corrected chi connectivity index (χ0v) is 13.9. The minimum absolute atomic E-state index is 0. The predicted octanol–water partition coefficient (Wildman–Crippen LogP) is 2.81. The van der Waals surface area contributed by atoms with E-state index in [2.05, 4.69) is 19.2 Å². The molecule has 1 heterocycles. The van der Waals surface area contributed by atoms with Crippen LogP contribution in [0.4, 0.5) is 11.4 Å². The van der Waals surface area contributed by atoms with Crippen LogP contribution in [0.5, 0.6) is 11.5 Å². The van der Waals surface area contributed by atoms with Crippen molar-refractivity contribution in [1.29, 1.82) is 0 Å². The number of carbonyl (C=O) groups excluding carboxylic acids is 1. The van der Waals surface area contributed by atoms with E-state index in [1.165, 1.54) is 0 Å². The summed E-state index contributed by atoms with van der Waals surface area (Å²) in [5.74, 6) is 1.48. The lowest BCUT2D eigenvalue weighted by atomic mass is 10.1. The van der Waals surface area contributed by atoms with Crippen molar-refractivity contribution in [3.63, 3.8) is 0 Å². The van der Waals surface area contributed by atoms with Crippen molar-refractivity contribution in [1.82, 2.24) is 0 Å². The van der Waals surface area contributed by atoms with Crippen LogP contribution >= 0.6 is 12.4 Å². The van der Waals surface area contributed by atoms with E-state index < -0.39 is 6.10 Å². The Balaban J connectivity index is 0.00000242. The Morgan fingerprint density at radius 2 is 1.95 bits per heavy atom. The number of hydrogen-bond donors (Lipinski definition) is 2. The monoisotopic (exact) mass is 330 g/mol. The van der Waals surface area contributed by atoms with Gasteiger partial charge in [0.25, 0.3) is 5.91 Å². The minimum atomic E-state index is -0.534. The maximum absolute atomic E-state index is 12.1. The molecule has 1 atom stereocenters. The molecule has 6 nitrogen and oxygen atoms in total. The number of rotatable bonds is 6. The van der Waals surface area contributed by atoms with Gasteiger partial charge in [0.1, 0.15) is 6.10 Å². The van der Waals surface area contributed by atoms with E-state index in [1.807, 2.05) is 0 Å². The van der Waals surface area contributed by atoms with Crippen LogP contribution in [0.15, 0.2) is 12.1 Å². The lowest BCUT2D eigenvalue weighted by molar-refractivity contribution is -0.126. The predicted molar refractivity (Wildman–Crippen MR) is 87.7 cm³/mol. The number of benzene rings is 1. The highest BCUT2D eigenvalue weighted by Gasteiger charge is 2.19. The fraction of sp³-hybridized carbons (Fsp3) is 0.533. The maximum Gasteiger partial charge on any atom is 0.253 e. The number of halogens is 1. The summed E-state index contributed by atoms with van der Waals surface area (Å²) in [4.78, 5) is 12.1. The molecule has 7 heteroatoms. The lowest BCUT2D eigenvalue weighted by Gasteiger charge is -2.15. The summed E-state index contributed by atoms with van der Waals surface area (Å²) >= 11 is 0. The Kier molecular flexibility index (Phi) is 6.77. The highest BCUT2D eigenvalue weighted by atomic mass is 35.5. The second-order valence-electron chi connectivity index (χ2n) is 5.48. The Bertz CT molecular complexity index is 523. The van der Waals surface area contributed by atoms with Gasteiger partial charge >= 0.3 is 0 Å². The molecule has 1 aromatic rings. The number of nitrogens with one attached hydrogen (secondary N) is 1. The highest BCUT2D eigenvalue weighted by molar-refractivity contribution is 5.97. The van der Waals surface area contributed by atoms with Crippen LogP contribution in [0.2, 0.25) is 0 Å². The maximum atomic E-state index is 12.1. The molecule has 1 aliphatic heterocycles. The first-order valence-electron chi connectivity index (χ1n) is 7.09. The molecule has 3 N–H and O–H groups in total. The topological polar surface area (TPSA) is 82.8 Å². The SMILES string of the molecule is CC(C)CCOC(C)C(=O)Nc1cc2c(cc1N)OCO2.Cl. The smallest absolute Gasteiger partial charge is 0.253 e. The zero-order valence-electron chi connectivity index (χ0n) is 13.0. The summed E-state index contributed by atoms with van der Waals surface area (Å²) in [5.41, 5.74) is 6.83. The van der Waals surface area contributed by atoms with E-state index in [1.54, 1.807) is 19.1 Å². The van der Waals surface area contributed by atoms with Crippen molar-refractivity contribution in [3.8, 4) is 11.5 Å². The molecule has 0 spiro atoms. The van der Waals surface area contributed by atoms with Gasteiger partial charge in [0.05, 0.1) is 11.4 Å². The van der Waals surface area contributed by atoms with E-state index in [4.69, 9.17) is 19.9 Å². The molecule has 0 saturated carbocycles. The number of nitrogen functional groups attached to an aromatic ring is 1. The molecule has 0 saturated heterocycles. The third-order valence-corrected chi connectivity index (χ3v) is 3.23. The van der Waals surface area contributed by atoms with Crippen LogP contribution in [0.3, 0.4) is 0 Å². The Labute approximate surface area is 136 Å². The largest absolute Gasteiger partial charge is 0.454 e. The van der Waals surface area contributed by atoms with Crippen molar-refractivity contribution in [2.45, 2.75) is 33.3 Å². The molecular formula is C15H23ClN2O4. The molecule has 2 rings (SSSR count). The summed E-state index contributed by atoms with van der Waals surface area (Å²) < 4.78 is 16.0. The van der Waals surface area contributed by atoms with Crippen molar-refractivity contribution >= 4 is 29.7 Å². The van der Waals surface area contributed by atoms with E-state index in [9.17, 15) is 4.79 Å². The summed E-state index contributed by atoms with van der Waals surface area (Å²) in [7, 11) is 0. The Hall–Kier alpha value is -1.66. The van der Waals surface area contributed by atoms with Crippen LogP contribution in [-0.2, 0) is 9.53 Å². The van der Waals surface area contributed by atoms with Crippen molar-refractivity contribution < 1.29 is 19.0 Å². The Morgan fingerprint density at radius 1 is 1.32 bits per heavy atom. The van der Waals surface area contributed by atoms with Gasteiger partial charge in [-0.3, -0.25) is 4.79 Å². The van der Waals surface area contributed by atoms with Crippen molar-refractivity contribution in [3.05, 3.63) is 12.1 Å². The Morgan fingerprint density at radius 3 is 2.59 bits per heavy atom. The third kappa shape index (κ3) is 4.68. The second-order valence-corrected chi connectivity index (χ2v) is 5.48. The van der Waals surface area contributed by atoms with Crippen molar-refractivity contribution in [2.75, 3.05) is 24.5 Å². The molecule has 0 radical (unpaired) electrons. The van der Waals surface area contributed by atoms with Crippen LogP contribution in [0, 0.1) is 5.92 Å². The minimum Gasteiger partial charge on any atom is -0.454 e. The molecule has 1 amide bonds. The molecule has 0 aromatic heterocycles. The van der Waals surface area contributed by atoms with Crippen LogP contribution in [0.1, 0.15) is 27.2 Å². The molecule has 0 fully saturated rings. The van der Waals surface area contributed by atoms with Crippen LogP contribution in [0.25, 0.3) is 0 Å². The van der Waals surface area contributed by atoms with E-state index in [0.717, 1.165) is 6.42 Å². The molecule has 0 bridgehead atoms. The van der Waals surface area contributed by atoms with Gasteiger partial charge < -0.3 is 25.3 Å². The summed E-state index contributed by atoms with van der Waals surface area (Å²) in [6, 6.07) is 3.30. The van der Waals surface area contributed by atoms with Crippen LogP contribution < -0.4 is 20.5 Å². The summed E-state index contributed by atoms with van der Waals surface area (Å²) in [6.45, 7) is 6.67. The lowest BCUT2D eigenvalue weighted by Crippen LogP contribution is -2.28. The first-order chi connectivity index (χ1) is 9.97. The fourth-order valence-corrected chi connectivity index (χ4v) is 1.86. The number of nitrogens with two attached hydrogens (primary N) is 1. The molecule has 1 aliphatic rings. The molecule has 22 heavy (non-hydrogen) atoms. The van der Waals surface area contributed by atoms with Gasteiger partial charge in [0.2, 0.25) is 6.79 Å². The number of amides is 1. The third-order valence-electron chi connectivity index (χ3n) is 3.23. The van der Waals surface area contributed by atoms with Gasteiger partial charge in [-0.05, 0) is 19.3 Å². The van der Waals surface area contributed by atoms with Gasteiger partial charge in [-0.1, -0.05) is 13.8 Å². The molecular weight excluding hydrogens is 308 g/mol. The highest BCUT2D eigenvalue weighted by Crippen LogP contribution is 2.38. The normalized spacial score (nSPS) is 13.6. The quantitative estimate of drug-likeness (QED) is 0.784. The van der Waals surface area contributed by atoms with Gasteiger partial charge in [-0.15, -0.1) is 12.4 Å². The van der Waals surface area contributed by atoms with E-state index >= 15 is 0 Å². The number of anilines is 2. The fourth-order valence-electron chi connectivity index (χ4n) is 1.86. The van der Waals surface area contributed by atoms with Gasteiger partial charge in [0, 0.05) is 18.7 Å². The average Bonchev–Trinajstić information content (AvgIpc) is 2.85. The van der Waals surface area contributed by atoms with Gasteiger partial charge in [-0.2, -0.15) is 0 Å². The molecule has 124 valence electrons. The number of hydrogen-bond acceptors (Lipinski definition) is 5. The summed E-state index contributed by atoms with van der Waals surface area (Å²) in [5, 5.41) is 2.75. The number of fused-ring (bicyclic) bond motifs is 1.